The molecule has 0 spiro atoms. The average molecular weight is 524 g/mol. The van der Waals surface area contributed by atoms with E-state index in [-0.39, 0.29) is 12.0 Å². The number of aliphatic imine (C=N–C) groups is 1. The van der Waals surface area contributed by atoms with Gasteiger partial charge in [0.2, 0.25) is 0 Å². The lowest BCUT2D eigenvalue weighted by molar-refractivity contribution is -0.114. The summed E-state index contributed by atoms with van der Waals surface area (Å²) in [6.07, 6.45) is 3.65. The summed E-state index contributed by atoms with van der Waals surface area (Å²) in [4.78, 5) is 22.7. The number of thiophene rings is 1. The van der Waals surface area contributed by atoms with Gasteiger partial charge >= 0.3 is 0 Å². The second-order valence-corrected chi connectivity index (χ2v) is 10.0. The maximum Gasteiger partial charge on any atom is 0.262 e. The summed E-state index contributed by atoms with van der Waals surface area (Å²) in [7, 11) is 3.95. The molecule has 1 unspecified atom stereocenters. The molecule has 37 heavy (non-hydrogen) atoms. The predicted octanol–water partition coefficient (Wildman–Crippen LogP) is 5.35. The Morgan fingerprint density at radius 1 is 1.24 bits per heavy atom. The van der Waals surface area contributed by atoms with Gasteiger partial charge in [0.05, 0.1) is 5.57 Å². The van der Waals surface area contributed by atoms with E-state index in [1.54, 1.807) is 11.3 Å². The summed E-state index contributed by atoms with van der Waals surface area (Å²) in [6.45, 7) is 11.0. The van der Waals surface area contributed by atoms with Gasteiger partial charge in [-0.1, -0.05) is 18.6 Å². The third kappa shape index (κ3) is 7.69. The van der Waals surface area contributed by atoms with E-state index < -0.39 is 0 Å². The molecule has 1 atom stereocenters. The predicted molar refractivity (Wildman–Crippen MR) is 156 cm³/mol. The highest BCUT2D eigenvalue weighted by Crippen LogP contribution is 2.31. The molecule has 200 valence electrons. The number of hydrogen-bond acceptors (Lipinski definition) is 6. The van der Waals surface area contributed by atoms with Crippen LogP contribution in [0, 0.1) is 0 Å². The number of amides is 1. The van der Waals surface area contributed by atoms with Crippen molar-refractivity contribution in [3.8, 4) is 5.75 Å². The molecule has 1 aliphatic heterocycles. The topological polar surface area (TPSA) is 69.2 Å². The molecule has 0 aliphatic carbocycles. The monoisotopic (exact) mass is 523 g/mol. The van der Waals surface area contributed by atoms with Crippen molar-refractivity contribution in [3.05, 3.63) is 69.7 Å². The molecule has 0 bridgehead atoms. The summed E-state index contributed by atoms with van der Waals surface area (Å²) in [5.41, 5.74) is 3.73. The zero-order valence-corrected chi connectivity index (χ0v) is 23.8. The number of amidine groups is 1. The van der Waals surface area contributed by atoms with Crippen LogP contribution in [-0.2, 0) is 4.79 Å². The molecule has 0 radical (unpaired) electrons. The summed E-state index contributed by atoms with van der Waals surface area (Å²) < 4.78 is 6.45. The number of benzene rings is 1. The fourth-order valence-corrected chi connectivity index (χ4v) is 4.84. The number of nitrogens with one attached hydrogen (secondary N) is 2. The fraction of sp³-hybridized carbons (Fsp3) is 0.448. The number of ether oxygens (including phenoxy) is 1. The Morgan fingerprint density at radius 3 is 2.73 bits per heavy atom. The van der Waals surface area contributed by atoms with Crippen LogP contribution in [0.15, 0.2) is 69.1 Å². The Labute approximate surface area is 225 Å². The maximum atomic E-state index is 14.0. The van der Waals surface area contributed by atoms with Crippen molar-refractivity contribution >= 4 is 28.8 Å². The van der Waals surface area contributed by atoms with Crippen molar-refractivity contribution in [2.24, 2.45) is 4.99 Å². The summed E-state index contributed by atoms with van der Waals surface area (Å²) >= 11 is 1.67. The van der Waals surface area contributed by atoms with Gasteiger partial charge in [0.15, 0.2) is 0 Å². The molecule has 1 aromatic heterocycles. The first-order valence-corrected chi connectivity index (χ1v) is 14.0. The number of anilines is 1. The normalized spacial score (nSPS) is 16.2. The zero-order valence-electron chi connectivity index (χ0n) is 23.0. The Hall–Kier alpha value is -3.10. The molecular weight excluding hydrogens is 482 g/mol. The second-order valence-electron chi connectivity index (χ2n) is 9.24. The first-order valence-electron chi connectivity index (χ1n) is 13.0. The number of carbonyl (C=O) groups is 1. The van der Waals surface area contributed by atoms with Gasteiger partial charge in [-0.05, 0) is 75.8 Å². The number of nitrogens with zero attached hydrogens (tertiary/aromatic N) is 3. The van der Waals surface area contributed by atoms with E-state index in [1.165, 1.54) is 5.56 Å². The highest BCUT2D eigenvalue weighted by Gasteiger charge is 2.28. The minimum atomic E-state index is -0.0551. The van der Waals surface area contributed by atoms with E-state index in [1.807, 2.05) is 63.2 Å². The molecule has 8 heteroatoms. The van der Waals surface area contributed by atoms with Crippen LogP contribution in [0.1, 0.15) is 52.2 Å². The highest BCUT2D eigenvalue weighted by molar-refractivity contribution is 7.07. The molecule has 0 saturated heterocycles. The first-order chi connectivity index (χ1) is 17.9. The van der Waals surface area contributed by atoms with Crippen LogP contribution in [0.5, 0.6) is 5.75 Å². The van der Waals surface area contributed by atoms with Crippen LogP contribution in [0.2, 0.25) is 0 Å². The van der Waals surface area contributed by atoms with Crippen LogP contribution in [0.25, 0.3) is 0 Å². The molecule has 0 saturated carbocycles. The van der Waals surface area contributed by atoms with Crippen LogP contribution in [0.3, 0.4) is 0 Å². The molecule has 2 N–H and O–H groups in total. The lowest BCUT2D eigenvalue weighted by Crippen LogP contribution is -2.34. The fourth-order valence-electron chi connectivity index (χ4n) is 4.14. The van der Waals surface area contributed by atoms with Gasteiger partial charge in [-0.3, -0.25) is 4.79 Å². The van der Waals surface area contributed by atoms with Gasteiger partial charge in [-0.2, -0.15) is 11.3 Å². The smallest absolute Gasteiger partial charge is 0.262 e. The van der Waals surface area contributed by atoms with Gasteiger partial charge in [0.25, 0.3) is 5.91 Å². The Bertz CT molecular complexity index is 1120. The van der Waals surface area contributed by atoms with Crippen molar-refractivity contribution in [3.63, 3.8) is 0 Å². The van der Waals surface area contributed by atoms with Crippen LogP contribution in [0.4, 0.5) is 5.69 Å². The lowest BCUT2D eigenvalue weighted by Gasteiger charge is -2.24. The molecule has 1 aromatic carbocycles. The second kappa shape index (κ2) is 14.0. The van der Waals surface area contributed by atoms with Gasteiger partial charge < -0.3 is 25.2 Å². The van der Waals surface area contributed by atoms with Crippen LogP contribution < -0.4 is 20.3 Å². The molecule has 0 fully saturated rings. The van der Waals surface area contributed by atoms with Crippen molar-refractivity contribution in [1.82, 2.24) is 15.5 Å². The number of hydrogen-bond donors (Lipinski definition) is 2. The van der Waals surface area contributed by atoms with E-state index in [9.17, 15) is 4.79 Å². The molecule has 1 amide bonds. The van der Waals surface area contributed by atoms with Crippen LogP contribution >= 0.6 is 11.3 Å². The minimum absolute atomic E-state index is 0.0538. The van der Waals surface area contributed by atoms with Gasteiger partial charge in [0, 0.05) is 50.4 Å². The van der Waals surface area contributed by atoms with Gasteiger partial charge in [-0.15, -0.1) is 0 Å². The molecule has 2 heterocycles. The number of rotatable bonds is 11. The highest BCUT2D eigenvalue weighted by atomic mass is 32.1. The summed E-state index contributed by atoms with van der Waals surface area (Å²) in [5, 5.41) is 10.7. The molecule has 3 rings (SSSR count). The van der Waals surface area contributed by atoms with E-state index in [0.29, 0.717) is 24.5 Å². The Balaban J connectivity index is 1.97. The Kier molecular flexibility index (Phi) is 10.8. The van der Waals surface area contributed by atoms with Crippen molar-refractivity contribution in [2.45, 2.75) is 46.6 Å². The lowest BCUT2D eigenvalue weighted by atomic mass is 10.1. The SMILES string of the molecule is CCN/C(C)=N/C1=C(/C=C(/C)CC)C(=O)N(c2cccc(OC(CCNC)c3ccsc3)c2)CCN1C. The number of carbonyl (C=O) groups excluding carboxylic acids is 1. The molecular formula is C29H41N5O2S. The first kappa shape index (κ1) is 28.5. The van der Waals surface area contributed by atoms with Crippen LogP contribution in [-0.4, -0.2) is 56.9 Å². The number of likely N-dealkylation sites (N-methyl/N-ethyl adjacent to an activating group) is 1. The standard InChI is InChI=1S/C29H41N5O2S/c1-7-21(3)18-26-28(32-22(4)31-8-2)33(6)15-16-34(29(26)35)24-10-9-11-25(19-24)36-27(12-14-30-5)23-13-17-37-20-23/h9-11,13,17-20,27,30H,7-8,12,14-16H2,1-6H3,(H,31,32)/b21-18-. The third-order valence-electron chi connectivity index (χ3n) is 6.37. The maximum absolute atomic E-state index is 14.0. The van der Waals surface area contributed by atoms with E-state index in [2.05, 4.69) is 46.2 Å². The minimum Gasteiger partial charge on any atom is -0.486 e. The largest absolute Gasteiger partial charge is 0.486 e. The summed E-state index contributed by atoms with van der Waals surface area (Å²) in [5.74, 6) is 2.18. The molecule has 7 nitrogen and oxygen atoms in total. The average Bonchev–Trinajstić information content (AvgIpc) is 3.40. The van der Waals surface area contributed by atoms with E-state index in [0.717, 1.165) is 48.8 Å². The van der Waals surface area contributed by atoms with Crippen molar-refractivity contribution in [2.75, 3.05) is 45.2 Å². The Morgan fingerprint density at radius 2 is 2.05 bits per heavy atom. The van der Waals surface area contributed by atoms with Crippen molar-refractivity contribution in [1.29, 1.82) is 0 Å². The summed E-state index contributed by atoms with van der Waals surface area (Å²) in [6, 6.07) is 9.98. The van der Waals surface area contributed by atoms with E-state index in [4.69, 9.17) is 9.73 Å². The van der Waals surface area contributed by atoms with Gasteiger partial charge in [0.1, 0.15) is 23.5 Å². The van der Waals surface area contributed by atoms with E-state index >= 15 is 0 Å². The third-order valence-corrected chi connectivity index (χ3v) is 7.07. The van der Waals surface area contributed by atoms with Gasteiger partial charge in [-0.25, -0.2) is 4.99 Å². The zero-order chi connectivity index (χ0) is 26.8. The number of allylic oxidation sites excluding steroid dienone is 1. The molecule has 2 aromatic rings. The quantitative estimate of drug-likeness (QED) is 0.307. The molecule has 1 aliphatic rings. The van der Waals surface area contributed by atoms with Crippen molar-refractivity contribution < 1.29 is 9.53 Å².